The number of carbonyl (C=O) groups excluding carboxylic acids is 1. The molecule has 2 aromatic rings. The van der Waals surface area contributed by atoms with E-state index in [9.17, 15) is 18.0 Å². The summed E-state index contributed by atoms with van der Waals surface area (Å²) in [6.45, 7) is 2.07. The van der Waals surface area contributed by atoms with Crippen molar-refractivity contribution in [1.29, 1.82) is 0 Å². The highest BCUT2D eigenvalue weighted by molar-refractivity contribution is 6.33. The molecule has 1 aliphatic heterocycles. The summed E-state index contributed by atoms with van der Waals surface area (Å²) in [6.07, 6.45) is -3.95. The van der Waals surface area contributed by atoms with Crippen LogP contribution in [0, 0.1) is 0 Å². The van der Waals surface area contributed by atoms with E-state index in [1.807, 2.05) is 0 Å². The Morgan fingerprint density at radius 3 is 2.67 bits per heavy atom. The minimum Gasteiger partial charge on any atom is -0.371 e. The maximum absolute atomic E-state index is 12.5. The van der Waals surface area contributed by atoms with Crippen molar-refractivity contribution in [2.45, 2.75) is 12.3 Å². The van der Waals surface area contributed by atoms with Crippen LogP contribution in [-0.2, 0) is 10.9 Å². The number of alkyl halides is 3. The van der Waals surface area contributed by atoms with E-state index in [-0.39, 0.29) is 11.9 Å². The van der Waals surface area contributed by atoms with Crippen molar-refractivity contribution < 1.29 is 22.7 Å². The lowest BCUT2D eigenvalue weighted by atomic mass is 10.1. The Kier molecular flexibility index (Phi) is 5.83. The standard InChI is InChI=1S/C17H16ClF3N4O2/c18-12-7-10(14-9-22-5-6-27-14)1-3-13(12)24-16(26)25-15-4-2-11(8-23-15)17(19,20)21/h1-4,7-8,14,22H,5-6,9H2,(H2,23,24,25,26)/t14-/m1/s1. The van der Waals surface area contributed by atoms with Gasteiger partial charge < -0.3 is 15.4 Å². The minimum absolute atomic E-state index is 0.0186. The highest BCUT2D eigenvalue weighted by Gasteiger charge is 2.30. The van der Waals surface area contributed by atoms with Crippen LogP contribution in [0.4, 0.5) is 29.5 Å². The summed E-state index contributed by atoms with van der Waals surface area (Å²) in [5.41, 5.74) is 0.336. The van der Waals surface area contributed by atoms with Crippen LogP contribution < -0.4 is 16.0 Å². The summed E-state index contributed by atoms with van der Waals surface area (Å²) in [5, 5.41) is 8.42. The molecule has 3 rings (SSSR count). The largest absolute Gasteiger partial charge is 0.417 e. The highest BCUT2D eigenvalue weighted by atomic mass is 35.5. The van der Waals surface area contributed by atoms with Crippen LogP contribution in [0.15, 0.2) is 36.5 Å². The SMILES string of the molecule is O=C(Nc1ccc(C(F)(F)F)cn1)Nc1ccc([C@H]2CNCCO2)cc1Cl. The molecule has 0 aliphatic carbocycles. The highest BCUT2D eigenvalue weighted by Crippen LogP contribution is 2.29. The molecule has 0 bridgehead atoms. The fourth-order valence-corrected chi connectivity index (χ4v) is 2.75. The maximum Gasteiger partial charge on any atom is 0.417 e. The van der Waals surface area contributed by atoms with Gasteiger partial charge in [0, 0.05) is 19.3 Å². The third kappa shape index (κ3) is 5.09. The van der Waals surface area contributed by atoms with Gasteiger partial charge in [0.15, 0.2) is 0 Å². The Morgan fingerprint density at radius 1 is 1.26 bits per heavy atom. The van der Waals surface area contributed by atoms with Gasteiger partial charge in [0.1, 0.15) is 5.82 Å². The average molecular weight is 401 g/mol. The molecule has 0 radical (unpaired) electrons. The van der Waals surface area contributed by atoms with Crippen LogP contribution in [-0.4, -0.2) is 30.7 Å². The number of hydrogen-bond donors (Lipinski definition) is 3. The van der Waals surface area contributed by atoms with Gasteiger partial charge in [0.2, 0.25) is 0 Å². The fourth-order valence-electron chi connectivity index (χ4n) is 2.52. The number of aromatic nitrogens is 1. The first-order valence-electron chi connectivity index (χ1n) is 8.06. The van der Waals surface area contributed by atoms with Crippen LogP contribution in [0.3, 0.4) is 0 Å². The van der Waals surface area contributed by atoms with E-state index >= 15 is 0 Å². The summed E-state index contributed by atoms with van der Waals surface area (Å²) in [5.74, 6) is -0.0186. The molecule has 0 spiro atoms. The Labute approximate surface area is 158 Å². The smallest absolute Gasteiger partial charge is 0.371 e. The van der Waals surface area contributed by atoms with Crippen molar-refractivity contribution >= 4 is 29.1 Å². The number of benzene rings is 1. The molecule has 2 heterocycles. The van der Waals surface area contributed by atoms with Crippen LogP contribution in [0.25, 0.3) is 0 Å². The molecule has 0 unspecified atom stereocenters. The summed E-state index contributed by atoms with van der Waals surface area (Å²) in [6, 6.07) is 6.35. The third-order valence-electron chi connectivity index (χ3n) is 3.87. The number of hydrogen-bond acceptors (Lipinski definition) is 4. The van der Waals surface area contributed by atoms with Gasteiger partial charge in [-0.3, -0.25) is 5.32 Å². The van der Waals surface area contributed by atoms with Crippen molar-refractivity contribution in [2.75, 3.05) is 30.3 Å². The normalized spacial score (nSPS) is 17.4. The molecule has 3 N–H and O–H groups in total. The summed E-state index contributed by atoms with van der Waals surface area (Å²) in [7, 11) is 0. The number of urea groups is 1. The predicted octanol–water partition coefficient (Wildman–Crippen LogP) is 4.06. The predicted molar refractivity (Wildman–Crippen MR) is 94.9 cm³/mol. The molecule has 6 nitrogen and oxygen atoms in total. The van der Waals surface area contributed by atoms with E-state index in [2.05, 4.69) is 20.9 Å². The van der Waals surface area contributed by atoms with Crippen molar-refractivity contribution in [2.24, 2.45) is 0 Å². The maximum atomic E-state index is 12.5. The van der Waals surface area contributed by atoms with Crippen LogP contribution in [0.1, 0.15) is 17.2 Å². The Hall–Kier alpha value is -2.36. The number of morpholine rings is 1. The topological polar surface area (TPSA) is 75.3 Å². The lowest BCUT2D eigenvalue weighted by Gasteiger charge is -2.24. The molecule has 1 saturated heterocycles. The van der Waals surface area contributed by atoms with Gasteiger partial charge in [-0.2, -0.15) is 13.2 Å². The molecule has 27 heavy (non-hydrogen) atoms. The molecule has 1 atom stereocenters. The molecular formula is C17H16ClF3N4O2. The van der Waals surface area contributed by atoms with Crippen LogP contribution in [0.2, 0.25) is 5.02 Å². The second kappa shape index (κ2) is 8.12. The first kappa shape index (κ1) is 19.4. The zero-order valence-electron chi connectivity index (χ0n) is 13.9. The lowest BCUT2D eigenvalue weighted by Crippen LogP contribution is -2.33. The van der Waals surface area contributed by atoms with Crippen molar-refractivity contribution in [3.63, 3.8) is 0 Å². The number of rotatable bonds is 3. The summed E-state index contributed by atoms with van der Waals surface area (Å²) < 4.78 is 43.2. The zero-order valence-corrected chi connectivity index (χ0v) is 14.7. The van der Waals surface area contributed by atoms with Crippen molar-refractivity contribution in [3.8, 4) is 0 Å². The molecule has 0 saturated carbocycles. The van der Waals surface area contributed by atoms with Gasteiger partial charge in [-0.15, -0.1) is 0 Å². The number of anilines is 2. The van der Waals surface area contributed by atoms with Crippen molar-refractivity contribution in [3.05, 3.63) is 52.7 Å². The Morgan fingerprint density at radius 2 is 2.07 bits per heavy atom. The van der Waals surface area contributed by atoms with E-state index < -0.39 is 17.8 Å². The van der Waals surface area contributed by atoms with Gasteiger partial charge in [0.05, 0.1) is 29.0 Å². The first-order valence-corrected chi connectivity index (χ1v) is 8.44. The van der Waals surface area contributed by atoms with E-state index in [1.165, 1.54) is 0 Å². The molecule has 1 fully saturated rings. The number of carbonyl (C=O) groups is 1. The number of ether oxygens (including phenoxy) is 1. The van der Waals surface area contributed by atoms with E-state index in [1.54, 1.807) is 18.2 Å². The van der Waals surface area contributed by atoms with Gasteiger partial charge in [-0.1, -0.05) is 17.7 Å². The van der Waals surface area contributed by atoms with E-state index in [4.69, 9.17) is 16.3 Å². The molecule has 1 aromatic carbocycles. The molecular weight excluding hydrogens is 385 g/mol. The number of pyridine rings is 1. The number of halogens is 4. The number of nitrogens with zero attached hydrogens (tertiary/aromatic N) is 1. The Bertz CT molecular complexity index is 809. The molecule has 1 aliphatic rings. The van der Waals surface area contributed by atoms with Gasteiger partial charge >= 0.3 is 12.2 Å². The molecule has 144 valence electrons. The zero-order chi connectivity index (χ0) is 19.4. The molecule has 2 amide bonds. The van der Waals surface area contributed by atoms with Crippen molar-refractivity contribution in [1.82, 2.24) is 10.3 Å². The first-order chi connectivity index (χ1) is 12.8. The summed E-state index contributed by atoms with van der Waals surface area (Å²) in [4.78, 5) is 15.6. The van der Waals surface area contributed by atoms with Crippen LogP contribution in [0.5, 0.6) is 0 Å². The lowest BCUT2D eigenvalue weighted by molar-refractivity contribution is -0.137. The van der Waals surface area contributed by atoms with Crippen LogP contribution >= 0.6 is 11.6 Å². The third-order valence-corrected chi connectivity index (χ3v) is 4.19. The molecule has 1 aromatic heterocycles. The van der Waals surface area contributed by atoms with Gasteiger partial charge in [0.25, 0.3) is 0 Å². The number of amides is 2. The fraction of sp³-hybridized carbons (Fsp3) is 0.294. The monoisotopic (exact) mass is 400 g/mol. The summed E-state index contributed by atoms with van der Waals surface area (Å²) >= 11 is 6.21. The van der Waals surface area contributed by atoms with Gasteiger partial charge in [-0.25, -0.2) is 9.78 Å². The quantitative estimate of drug-likeness (QED) is 0.726. The molecule has 10 heteroatoms. The minimum atomic E-state index is -4.49. The number of nitrogens with one attached hydrogen (secondary N) is 3. The van der Waals surface area contributed by atoms with Gasteiger partial charge in [-0.05, 0) is 29.8 Å². The van der Waals surface area contributed by atoms with E-state index in [0.717, 1.165) is 24.2 Å². The average Bonchev–Trinajstić information content (AvgIpc) is 2.64. The van der Waals surface area contributed by atoms with E-state index in [0.29, 0.717) is 30.1 Å². The second-order valence-electron chi connectivity index (χ2n) is 5.81. The second-order valence-corrected chi connectivity index (χ2v) is 6.22. The Balaban J connectivity index is 1.62.